The zero-order chi connectivity index (χ0) is 20.6. The first kappa shape index (κ1) is 19.4. The van der Waals surface area contributed by atoms with Crippen LogP contribution < -0.4 is 10.1 Å². The van der Waals surface area contributed by atoms with E-state index < -0.39 is 17.9 Å². The Kier molecular flexibility index (Phi) is 4.98. The van der Waals surface area contributed by atoms with Crippen LogP contribution in [0, 0.1) is 0 Å². The number of rotatable bonds is 5. The van der Waals surface area contributed by atoms with Crippen molar-refractivity contribution in [1.82, 2.24) is 4.90 Å². The van der Waals surface area contributed by atoms with E-state index in [0.717, 1.165) is 17.7 Å². The molecular weight excluding hydrogens is 378 g/mol. The Morgan fingerprint density at radius 1 is 1.24 bits per heavy atom. The fourth-order valence-electron chi connectivity index (χ4n) is 4.72. The van der Waals surface area contributed by atoms with E-state index >= 15 is 0 Å². The minimum absolute atomic E-state index is 0.0812. The van der Waals surface area contributed by atoms with Crippen LogP contribution in [0.2, 0.25) is 0 Å². The van der Waals surface area contributed by atoms with Crippen molar-refractivity contribution in [2.24, 2.45) is 0 Å². The molecule has 2 amide bonds. The zero-order valence-electron chi connectivity index (χ0n) is 16.0. The molecule has 2 heterocycles. The summed E-state index contributed by atoms with van der Waals surface area (Å²) in [5.41, 5.74) is 0.934. The molecule has 4 rings (SSSR count). The zero-order valence-corrected chi connectivity index (χ0v) is 16.0. The van der Waals surface area contributed by atoms with E-state index in [9.17, 15) is 18.4 Å². The molecule has 152 valence electrons. The number of benzene rings is 2. The second-order valence-corrected chi connectivity index (χ2v) is 7.40. The van der Waals surface area contributed by atoms with Crippen LogP contribution in [-0.2, 0) is 10.2 Å². The Morgan fingerprint density at radius 2 is 1.97 bits per heavy atom. The topological polar surface area (TPSA) is 58.6 Å². The maximum absolute atomic E-state index is 13.4. The third-order valence-corrected chi connectivity index (χ3v) is 5.91. The van der Waals surface area contributed by atoms with E-state index in [1.54, 1.807) is 17.0 Å². The van der Waals surface area contributed by atoms with Crippen molar-refractivity contribution in [3.05, 3.63) is 59.7 Å². The van der Waals surface area contributed by atoms with Crippen LogP contribution in [-0.4, -0.2) is 35.9 Å². The molecule has 5 nitrogen and oxygen atoms in total. The molecule has 1 fully saturated rings. The quantitative estimate of drug-likeness (QED) is 0.819. The van der Waals surface area contributed by atoms with E-state index in [1.165, 1.54) is 12.1 Å². The molecule has 2 aliphatic rings. The van der Waals surface area contributed by atoms with Gasteiger partial charge in [-0.25, -0.2) is 0 Å². The van der Waals surface area contributed by atoms with Crippen LogP contribution >= 0.6 is 0 Å². The molecule has 0 aliphatic carbocycles. The molecule has 1 saturated heterocycles. The van der Waals surface area contributed by atoms with Crippen molar-refractivity contribution < 1.29 is 23.1 Å². The number of hydrogen-bond acceptors (Lipinski definition) is 3. The van der Waals surface area contributed by atoms with Gasteiger partial charge in [-0.05, 0) is 36.6 Å². The van der Waals surface area contributed by atoms with E-state index in [2.05, 4.69) is 10.1 Å². The summed E-state index contributed by atoms with van der Waals surface area (Å²) in [6.07, 6.45) is 1.90. The van der Waals surface area contributed by atoms with Crippen molar-refractivity contribution in [3.63, 3.8) is 0 Å². The number of para-hydroxylation sites is 2. The first-order valence-corrected chi connectivity index (χ1v) is 9.74. The van der Waals surface area contributed by atoms with Gasteiger partial charge in [-0.3, -0.25) is 9.59 Å². The van der Waals surface area contributed by atoms with Gasteiger partial charge in [-0.1, -0.05) is 43.7 Å². The third-order valence-electron chi connectivity index (χ3n) is 5.91. The highest BCUT2D eigenvalue weighted by Gasteiger charge is 2.58. The highest BCUT2D eigenvalue weighted by atomic mass is 19.3. The fraction of sp³-hybridized carbons (Fsp3) is 0.364. The van der Waals surface area contributed by atoms with Crippen LogP contribution in [0.25, 0.3) is 0 Å². The van der Waals surface area contributed by atoms with Crippen LogP contribution in [0.5, 0.6) is 5.75 Å². The van der Waals surface area contributed by atoms with Crippen molar-refractivity contribution in [3.8, 4) is 5.75 Å². The molecule has 2 atom stereocenters. The van der Waals surface area contributed by atoms with Gasteiger partial charge >= 0.3 is 6.61 Å². The Labute approximate surface area is 167 Å². The van der Waals surface area contributed by atoms with E-state index in [0.29, 0.717) is 19.4 Å². The maximum Gasteiger partial charge on any atom is 0.387 e. The predicted molar refractivity (Wildman–Crippen MR) is 104 cm³/mol. The molecule has 0 aromatic heterocycles. The number of likely N-dealkylation sites (tertiary alicyclic amines) is 1. The second-order valence-electron chi connectivity index (χ2n) is 7.40. The number of carbonyl (C=O) groups excluding carboxylic acids is 2. The summed E-state index contributed by atoms with van der Waals surface area (Å²) < 4.78 is 30.1. The Hall–Kier alpha value is -2.96. The Bertz CT molecular complexity index is 949. The average molecular weight is 400 g/mol. The molecule has 0 saturated carbocycles. The lowest BCUT2D eigenvalue weighted by Gasteiger charge is -2.34. The van der Waals surface area contributed by atoms with Crippen molar-refractivity contribution in [1.29, 1.82) is 0 Å². The molecule has 0 bridgehead atoms. The van der Waals surface area contributed by atoms with E-state index in [1.807, 2.05) is 31.2 Å². The summed E-state index contributed by atoms with van der Waals surface area (Å²) in [4.78, 5) is 28.1. The summed E-state index contributed by atoms with van der Waals surface area (Å²) >= 11 is 0. The molecule has 7 heteroatoms. The van der Waals surface area contributed by atoms with Gasteiger partial charge in [0.25, 0.3) is 5.91 Å². The Balaban J connectivity index is 1.74. The van der Waals surface area contributed by atoms with Gasteiger partial charge in [0.15, 0.2) is 0 Å². The molecule has 2 aliphatic heterocycles. The SMILES string of the molecule is CCC[C@@H]1N(C(=O)c2ccccc2OC(F)F)CC[C@]12C(=O)Nc1ccccc12. The number of hydrogen-bond donors (Lipinski definition) is 1. The number of ether oxygens (including phenoxy) is 1. The number of nitrogens with one attached hydrogen (secondary N) is 1. The summed E-state index contributed by atoms with van der Waals surface area (Å²) in [7, 11) is 0. The normalized spacial score (nSPS) is 22.8. The average Bonchev–Trinajstić information content (AvgIpc) is 3.21. The number of amides is 2. The summed E-state index contributed by atoms with van der Waals surface area (Å²) in [6, 6.07) is 13.2. The summed E-state index contributed by atoms with van der Waals surface area (Å²) in [5, 5.41) is 2.95. The van der Waals surface area contributed by atoms with Gasteiger partial charge in [-0.2, -0.15) is 8.78 Å². The van der Waals surface area contributed by atoms with Crippen LogP contribution in [0.4, 0.5) is 14.5 Å². The molecule has 2 aromatic rings. The number of carbonyl (C=O) groups is 2. The highest BCUT2D eigenvalue weighted by Crippen LogP contribution is 2.49. The first-order chi connectivity index (χ1) is 14.0. The van der Waals surface area contributed by atoms with Gasteiger partial charge in [0.1, 0.15) is 5.75 Å². The van der Waals surface area contributed by atoms with Crippen LogP contribution in [0.15, 0.2) is 48.5 Å². The maximum atomic E-state index is 13.4. The summed E-state index contributed by atoms with van der Waals surface area (Å²) in [6.45, 7) is -0.650. The molecule has 1 spiro atoms. The smallest absolute Gasteiger partial charge is 0.387 e. The number of halogens is 2. The second kappa shape index (κ2) is 7.46. The monoisotopic (exact) mass is 400 g/mol. The predicted octanol–water partition coefficient (Wildman–Crippen LogP) is 4.19. The van der Waals surface area contributed by atoms with Crippen molar-refractivity contribution in [2.45, 2.75) is 44.3 Å². The minimum Gasteiger partial charge on any atom is -0.434 e. The minimum atomic E-state index is -3.02. The third kappa shape index (κ3) is 3.05. The van der Waals surface area contributed by atoms with Gasteiger partial charge in [0.2, 0.25) is 5.91 Å². The molecule has 1 N–H and O–H groups in total. The van der Waals surface area contributed by atoms with Crippen molar-refractivity contribution >= 4 is 17.5 Å². The van der Waals surface area contributed by atoms with Gasteiger partial charge in [0.05, 0.1) is 17.0 Å². The van der Waals surface area contributed by atoms with E-state index in [4.69, 9.17) is 0 Å². The van der Waals surface area contributed by atoms with Gasteiger partial charge < -0.3 is 15.0 Å². The molecule has 0 radical (unpaired) electrons. The molecule has 0 unspecified atom stereocenters. The number of alkyl halides is 2. The molecular formula is C22H22F2N2O3. The largest absolute Gasteiger partial charge is 0.434 e. The lowest BCUT2D eigenvalue weighted by atomic mass is 9.73. The van der Waals surface area contributed by atoms with Crippen molar-refractivity contribution in [2.75, 3.05) is 11.9 Å². The van der Waals surface area contributed by atoms with Gasteiger partial charge in [-0.15, -0.1) is 0 Å². The van der Waals surface area contributed by atoms with Crippen LogP contribution in [0.3, 0.4) is 0 Å². The Morgan fingerprint density at radius 3 is 2.72 bits per heavy atom. The first-order valence-electron chi connectivity index (χ1n) is 9.74. The lowest BCUT2D eigenvalue weighted by molar-refractivity contribution is -0.121. The molecule has 29 heavy (non-hydrogen) atoms. The standard InChI is InChI=1S/C22H22F2N2O3/c1-2-7-18-22(15-9-4-5-10-16(15)25-20(22)28)12-13-26(18)19(27)14-8-3-6-11-17(14)29-21(23)24/h3-6,8-11,18,21H,2,7,12-13H2,1H3,(H,25,28)/t18-,22+/m0/s1. The highest BCUT2D eigenvalue weighted by molar-refractivity contribution is 6.08. The van der Waals surface area contributed by atoms with E-state index in [-0.39, 0.29) is 23.3 Å². The number of nitrogens with zero attached hydrogens (tertiary/aromatic N) is 1. The van der Waals surface area contributed by atoms with Crippen LogP contribution in [0.1, 0.15) is 42.1 Å². The number of anilines is 1. The summed E-state index contributed by atoms with van der Waals surface area (Å²) in [5.74, 6) is -0.654. The fourth-order valence-corrected chi connectivity index (χ4v) is 4.72. The molecule has 2 aromatic carbocycles. The number of fused-ring (bicyclic) bond motifs is 2. The lowest BCUT2D eigenvalue weighted by Crippen LogP contribution is -2.48. The van der Waals surface area contributed by atoms with Gasteiger partial charge in [0, 0.05) is 12.2 Å².